The first-order valence-electron chi connectivity index (χ1n) is 2.98. The molecule has 0 unspecified atom stereocenters. The third-order valence-corrected chi connectivity index (χ3v) is 0.762. The Morgan fingerprint density at radius 2 is 2.20 bits per heavy atom. The second-order valence-corrected chi connectivity index (χ2v) is 1.60. The van der Waals surface area contributed by atoms with Gasteiger partial charge in [-0.3, -0.25) is 0 Å². The van der Waals surface area contributed by atoms with Crippen molar-refractivity contribution in [3.05, 3.63) is 25.3 Å². The minimum Gasteiger partial charge on any atom is -0.333 e. The first-order chi connectivity index (χ1) is 4.81. The van der Waals surface area contributed by atoms with Crippen LogP contribution in [0.15, 0.2) is 25.3 Å². The van der Waals surface area contributed by atoms with E-state index in [1.807, 2.05) is 0 Å². The van der Waals surface area contributed by atoms with Gasteiger partial charge in [0, 0.05) is 6.54 Å². The molecule has 0 rings (SSSR count). The summed E-state index contributed by atoms with van der Waals surface area (Å²) in [6.45, 7) is 7.68. The maximum atomic E-state index is 10.6. The van der Waals surface area contributed by atoms with E-state index in [4.69, 9.17) is 0 Å². The van der Waals surface area contributed by atoms with Crippen molar-refractivity contribution in [3.8, 4) is 0 Å². The van der Waals surface area contributed by atoms with E-state index in [-0.39, 0.29) is 6.03 Å². The van der Waals surface area contributed by atoms with Crippen LogP contribution < -0.4 is 10.6 Å². The van der Waals surface area contributed by atoms with Crippen molar-refractivity contribution in [1.29, 1.82) is 0 Å². The summed E-state index contributed by atoms with van der Waals surface area (Å²) in [5.74, 6) is 0. The Morgan fingerprint density at radius 1 is 1.50 bits per heavy atom. The van der Waals surface area contributed by atoms with E-state index < -0.39 is 0 Å². The molecule has 55 valence electrons. The van der Waals surface area contributed by atoms with E-state index in [2.05, 4.69) is 23.8 Å². The molecule has 0 aromatic heterocycles. The first kappa shape index (κ1) is 8.75. The molecule has 0 bridgehead atoms. The van der Waals surface area contributed by atoms with Gasteiger partial charge in [-0.2, -0.15) is 0 Å². The molecular formula is C7H11N2O. The fraction of sp³-hybridized carbons (Fsp3) is 0.286. The van der Waals surface area contributed by atoms with Gasteiger partial charge in [0.25, 0.3) is 0 Å². The van der Waals surface area contributed by atoms with Gasteiger partial charge >= 0.3 is 6.03 Å². The maximum Gasteiger partial charge on any atom is 0.336 e. The average molecular weight is 141 g/mol. The van der Waals surface area contributed by atoms with Gasteiger partial charge in [0.05, 0.1) is 6.54 Å². The predicted octanol–water partition coefficient (Wildman–Crippen LogP) is 0.672. The molecule has 0 aliphatic heterocycles. The van der Waals surface area contributed by atoms with E-state index in [0.717, 1.165) is 0 Å². The van der Waals surface area contributed by atoms with Crippen molar-refractivity contribution in [1.82, 2.24) is 10.6 Å². The number of carbonyl (C=O) groups is 1. The molecule has 2 amide bonds. The summed E-state index contributed by atoms with van der Waals surface area (Å²) in [5.41, 5.74) is 0. The molecule has 0 atom stereocenters. The molecule has 0 fully saturated rings. The Bertz CT molecular complexity index is 118. The van der Waals surface area contributed by atoms with Gasteiger partial charge in [-0.05, 0) is 0 Å². The third-order valence-electron chi connectivity index (χ3n) is 0.762. The fourth-order valence-corrected chi connectivity index (χ4v) is 0.363. The van der Waals surface area contributed by atoms with Crippen LogP contribution in [-0.2, 0) is 0 Å². The Morgan fingerprint density at radius 3 is 2.70 bits per heavy atom. The highest BCUT2D eigenvalue weighted by Gasteiger charge is 1.94. The molecule has 0 aliphatic rings. The SMILES string of the molecule is C=CC[N][14C](=O)NCC=C. The van der Waals surface area contributed by atoms with Crippen LogP contribution in [0.1, 0.15) is 0 Å². The Labute approximate surface area is 60.8 Å². The number of urea groups is 1. The van der Waals surface area contributed by atoms with Crippen molar-refractivity contribution in [2.24, 2.45) is 0 Å². The number of hydrogen-bond donors (Lipinski definition) is 1. The monoisotopic (exact) mass is 141 g/mol. The zero-order valence-electron chi connectivity index (χ0n) is 5.84. The minimum absolute atomic E-state index is 0.320. The van der Waals surface area contributed by atoms with Crippen molar-refractivity contribution in [2.45, 2.75) is 0 Å². The number of hydrogen-bond acceptors (Lipinski definition) is 1. The lowest BCUT2D eigenvalue weighted by molar-refractivity contribution is 0.242. The van der Waals surface area contributed by atoms with Crippen LogP contribution in [0, 0.1) is 0 Å². The molecule has 0 saturated heterocycles. The number of nitrogens with one attached hydrogen (secondary N) is 1. The molecule has 1 N–H and O–H groups in total. The summed E-state index contributed by atoms with van der Waals surface area (Å²) < 4.78 is 0. The molecule has 0 aromatic carbocycles. The summed E-state index contributed by atoms with van der Waals surface area (Å²) in [4.78, 5) is 10.6. The van der Waals surface area contributed by atoms with Crippen molar-refractivity contribution >= 4 is 6.03 Å². The van der Waals surface area contributed by atoms with Crippen molar-refractivity contribution in [3.63, 3.8) is 0 Å². The van der Waals surface area contributed by atoms with Crippen LogP contribution in [0.5, 0.6) is 0 Å². The lowest BCUT2D eigenvalue weighted by atomic mass is 10.6. The fourth-order valence-electron chi connectivity index (χ4n) is 0.363. The second-order valence-electron chi connectivity index (χ2n) is 1.60. The first-order valence-corrected chi connectivity index (χ1v) is 2.98. The molecule has 0 heterocycles. The van der Waals surface area contributed by atoms with Gasteiger partial charge in [-0.1, -0.05) is 12.2 Å². The quantitative estimate of drug-likeness (QED) is 0.574. The van der Waals surface area contributed by atoms with Gasteiger partial charge in [-0.25, -0.2) is 10.1 Å². The molecule has 3 nitrogen and oxygen atoms in total. The standard InChI is InChI=1S/C7H11N2O/c1-3-5-8-7(10)9-6-4-2/h3-4H,1-2,5-6H2,(H,8,10)/i7+2. The highest BCUT2D eigenvalue weighted by molar-refractivity contribution is 5.73. The van der Waals surface area contributed by atoms with E-state index in [1.54, 1.807) is 12.2 Å². The summed E-state index contributed by atoms with van der Waals surface area (Å²) in [6.07, 6.45) is 3.16. The number of rotatable bonds is 4. The zero-order chi connectivity index (χ0) is 7.82. The van der Waals surface area contributed by atoms with E-state index in [1.165, 1.54) is 0 Å². The number of nitrogens with zero attached hydrogens (tertiary/aromatic N) is 1. The van der Waals surface area contributed by atoms with Crippen LogP contribution in [-0.4, -0.2) is 19.1 Å². The smallest absolute Gasteiger partial charge is 0.333 e. The topological polar surface area (TPSA) is 43.2 Å². The van der Waals surface area contributed by atoms with Gasteiger partial charge in [0.15, 0.2) is 0 Å². The molecule has 0 aromatic rings. The third kappa shape index (κ3) is 4.90. The van der Waals surface area contributed by atoms with E-state index in [9.17, 15) is 4.79 Å². The van der Waals surface area contributed by atoms with Crippen LogP contribution >= 0.6 is 0 Å². The lowest BCUT2D eigenvalue weighted by Crippen LogP contribution is -2.30. The summed E-state index contributed by atoms with van der Waals surface area (Å²) in [6, 6.07) is -0.320. The van der Waals surface area contributed by atoms with Crippen molar-refractivity contribution < 1.29 is 4.79 Å². The average Bonchev–Trinajstić information content (AvgIpc) is 1.97. The molecule has 10 heavy (non-hydrogen) atoms. The summed E-state index contributed by atoms with van der Waals surface area (Å²) in [5, 5.41) is 6.06. The highest BCUT2D eigenvalue weighted by atomic mass is 16.4. The number of carbonyl (C=O) groups excluding carboxylic acids is 1. The summed E-state index contributed by atoms with van der Waals surface area (Å²) >= 11 is 0. The Balaban J connectivity index is 3.24. The van der Waals surface area contributed by atoms with Gasteiger partial charge in [0.1, 0.15) is 0 Å². The maximum absolute atomic E-state index is 10.6. The largest absolute Gasteiger partial charge is 0.336 e. The highest BCUT2D eigenvalue weighted by Crippen LogP contribution is 1.68. The van der Waals surface area contributed by atoms with Crippen LogP contribution in [0.25, 0.3) is 0 Å². The molecule has 1 radical (unpaired) electrons. The predicted molar refractivity (Wildman–Crippen MR) is 40.8 cm³/mol. The Hall–Kier alpha value is -1.25. The van der Waals surface area contributed by atoms with Crippen molar-refractivity contribution in [2.75, 3.05) is 13.1 Å². The molecule has 0 spiro atoms. The van der Waals surface area contributed by atoms with E-state index >= 15 is 0 Å². The normalized spacial score (nSPS) is 8.00. The summed E-state index contributed by atoms with van der Waals surface area (Å²) in [7, 11) is 0. The minimum atomic E-state index is -0.320. The van der Waals surface area contributed by atoms with Gasteiger partial charge < -0.3 is 5.32 Å². The Kier molecular flexibility index (Phi) is 5.14. The van der Waals surface area contributed by atoms with Crippen LogP contribution in [0.3, 0.4) is 0 Å². The van der Waals surface area contributed by atoms with E-state index in [0.29, 0.717) is 13.1 Å². The van der Waals surface area contributed by atoms with Crippen LogP contribution in [0.2, 0.25) is 0 Å². The molecule has 0 aliphatic carbocycles. The molecule has 0 saturated carbocycles. The van der Waals surface area contributed by atoms with Gasteiger partial charge in [0.2, 0.25) is 0 Å². The molecular weight excluding hydrogens is 130 g/mol. The zero-order valence-corrected chi connectivity index (χ0v) is 5.84. The lowest BCUT2D eigenvalue weighted by Gasteiger charge is -1.98. The second kappa shape index (κ2) is 5.88. The molecule has 3 heteroatoms. The van der Waals surface area contributed by atoms with Gasteiger partial charge in [-0.15, -0.1) is 13.2 Å². The number of amides is 2. The van der Waals surface area contributed by atoms with Crippen LogP contribution in [0.4, 0.5) is 4.79 Å².